The van der Waals surface area contributed by atoms with E-state index in [0.29, 0.717) is 23.6 Å². The minimum atomic E-state index is 0.0372. The zero-order valence-electron chi connectivity index (χ0n) is 10.9. The van der Waals surface area contributed by atoms with Gasteiger partial charge < -0.3 is 19.4 Å². The Morgan fingerprint density at radius 2 is 2.10 bits per heavy atom. The predicted octanol–water partition coefficient (Wildman–Crippen LogP) is 1.94. The number of nitrogens with one attached hydrogen (secondary N) is 1. The van der Waals surface area contributed by atoms with Crippen LogP contribution in [0.2, 0.25) is 0 Å². The summed E-state index contributed by atoms with van der Waals surface area (Å²) < 4.78 is 10.6. The minimum Gasteiger partial charge on any atom is -0.454 e. The van der Waals surface area contributed by atoms with Gasteiger partial charge in [-0.3, -0.25) is 4.79 Å². The molecular weight excluding hydrogens is 256 g/mol. The Labute approximate surface area is 116 Å². The number of carbonyl (C=O) groups excluding carboxylic acids is 1. The Balaban J connectivity index is 1.59. The standard InChI is InChI=1S/C15H14N2O3/c18-15(10-1-2-13-14(7-10)20-9-19-13)17-6-4-12-11(8-17)3-5-16-12/h1-3,5,7,16H,4,6,8-9H2. The zero-order chi connectivity index (χ0) is 13.5. The van der Waals surface area contributed by atoms with Crippen LogP contribution in [0, 0.1) is 0 Å². The summed E-state index contributed by atoms with van der Waals surface area (Å²) in [5.41, 5.74) is 3.08. The van der Waals surface area contributed by atoms with Gasteiger partial charge in [-0.25, -0.2) is 0 Å². The Kier molecular flexibility index (Phi) is 2.45. The summed E-state index contributed by atoms with van der Waals surface area (Å²) in [6, 6.07) is 7.38. The molecule has 1 N–H and O–H groups in total. The molecular formula is C15H14N2O3. The SMILES string of the molecule is O=C(c1ccc2c(c1)OCO2)N1CCc2[nH]ccc2C1. The molecule has 2 aromatic rings. The molecule has 20 heavy (non-hydrogen) atoms. The van der Waals surface area contributed by atoms with E-state index in [1.807, 2.05) is 17.2 Å². The predicted molar refractivity (Wildman–Crippen MR) is 71.8 cm³/mol. The topological polar surface area (TPSA) is 54.6 Å². The van der Waals surface area contributed by atoms with Crippen molar-refractivity contribution >= 4 is 5.91 Å². The van der Waals surface area contributed by atoms with Gasteiger partial charge >= 0.3 is 0 Å². The summed E-state index contributed by atoms with van der Waals surface area (Å²) in [6.07, 6.45) is 2.80. The largest absolute Gasteiger partial charge is 0.454 e. The molecule has 0 fully saturated rings. The number of nitrogens with zero attached hydrogens (tertiary/aromatic N) is 1. The van der Waals surface area contributed by atoms with Gasteiger partial charge in [0.1, 0.15) is 0 Å². The maximum atomic E-state index is 12.6. The van der Waals surface area contributed by atoms with Crippen LogP contribution in [-0.4, -0.2) is 29.1 Å². The average molecular weight is 270 g/mol. The Hall–Kier alpha value is -2.43. The maximum Gasteiger partial charge on any atom is 0.254 e. The molecule has 0 atom stereocenters. The molecule has 0 aliphatic carbocycles. The van der Waals surface area contributed by atoms with Crippen molar-refractivity contribution in [3.8, 4) is 11.5 Å². The van der Waals surface area contributed by atoms with Crippen molar-refractivity contribution in [2.45, 2.75) is 13.0 Å². The quantitative estimate of drug-likeness (QED) is 0.861. The van der Waals surface area contributed by atoms with Gasteiger partial charge in [0.05, 0.1) is 0 Å². The number of benzene rings is 1. The number of aromatic nitrogens is 1. The third-order valence-electron chi connectivity index (χ3n) is 3.83. The van der Waals surface area contributed by atoms with Crippen LogP contribution < -0.4 is 9.47 Å². The summed E-state index contributed by atoms with van der Waals surface area (Å²) in [4.78, 5) is 17.6. The average Bonchev–Trinajstić information content (AvgIpc) is 3.13. The van der Waals surface area contributed by atoms with Crippen LogP contribution in [0.5, 0.6) is 11.5 Å². The Morgan fingerprint density at radius 1 is 1.20 bits per heavy atom. The molecule has 1 aromatic heterocycles. The number of fused-ring (bicyclic) bond motifs is 2. The van der Waals surface area contributed by atoms with Crippen LogP contribution in [0.15, 0.2) is 30.5 Å². The van der Waals surface area contributed by atoms with E-state index in [0.717, 1.165) is 13.0 Å². The molecule has 4 rings (SSSR count). The number of rotatable bonds is 1. The van der Waals surface area contributed by atoms with Gasteiger partial charge in [-0.2, -0.15) is 0 Å². The van der Waals surface area contributed by atoms with Crippen molar-refractivity contribution < 1.29 is 14.3 Å². The van der Waals surface area contributed by atoms with Crippen LogP contribution in [0.1, 0.15) is 21.6 Å². The highest BCUT2D eigenvalue weighted by Crippen LogP contribution is 2.33. The fourth-order valence-corrected chi connectivity index (χ4v) is 2.73. The molecule has 5 nitrogen and oxygen atoms in total. The molecule has 0 saturated carbocycles. The van der Waals surface area contributed by atoms with E-state index in [9.17, 15) is 4.79 Å². The van der Waals surface area contributed by atoms with Crippen molar-refractivity contribution in [1.82, 2.24) is 9.88 Å². The lowest BCUT2D eigenvalue weighted by Crippen LogP contribution is -2.35. The van der Waals surface area contributed by atoms with Gasteiger partial charge in [0.25, 0.3) is 5.91 Å². The smallest absolute Gasteiger partial charge is 0.254 e. The van der Waals surface area contributed by atoms with E-state index in [2.05, 4.69) is 4.98 Å². The first-order valence-electron chi connectivity index (χ1n) is 6.65. The molecule has 0 spiro atoms. The van der Waals surface area contributed by atoms with Crippen molar-refractivity contribution in [3.05, 3.63) is 47.3 Å². The number of carbonyl (C=O) groups is 1. The number of hydrogen-bond acceptors (Lipinski definition) is 3. The van der Waals surface area contributed by atoms with Crippen molar-refractivity contribution in [2.24, 2.45) is 0 Å². The number of hydrogen-bond donors (Lipinski definition) is 1. The first-order valence-corrected chi connectivity index (χ1v) is 6.65. The lowest BCUT2D eigenvalue weighted by atomic mass is 10.1. The van der Waals surface area contributed by atoms with E-state index in [1.54, 1.807) is 18.2 Å². The minimum absolute atomic E-state index is 0.0372. The number of H-pyrrole nitrogens is 1. The summed E-state index contributed by atoms with van der Waals surface area (Å²) >= 11 is 0. The Morgan fingerprint density at radius 3 is 3.05 bits per heavy atom. The molecule has 2 aliphatic heterocycles. The summed E-state index contributed by atoms with van der Waals surface area (Å²) in [7, 11) is 0. The summed E-state index contributed by atoms with van der Waals surface area (Å²) in [5, 5.41) is 0. The molecule has 0 saturated heterocycles. The maximum absolute atomic E-state index is 12.6. The van der Waals surface area contributed by atoms with Gasteiger partial charge in [0, 0.05) is 37.0 Å². The Bertz CT molecular complexity index is 678. The highest BCUT2D eigenvalue weighted by atomic mass is 16.7. The van der Waals surface area contributed by atoms with Gasteiger partial charge in [-0.1, -0.05) is 0 Å². The second-order valence-electron chi connectivity index (χ2n) is 5.03. The third-order valence-corrected chi connectivity index (χ3v) is 3.83. The summed E-state index contributed by atoms with van der Waals surface area (Å²) in [5.74, 6) is 1.39. The fraction of sp³-hybridized carbons (Fsp3) is 0.267. The normalized spacial score (nSPS) is 16.1. The lowest BCUT2D eigenvalue weighted by Gasteiger charge is -2.27. The van der Waals surface area contributed by atoms with Gasteiger partial charge in [-0.15, -0.1) is 0 Å². The second-order valence-corrected chi connectivity index (χ2v) is 5.03. The lowest BCUT2D eigenvalue weighted by molar-refractivity contribution is 0.0734. The van der Waals surface area contributed by atoms with Crippen LogP contribution >= 0.6 is 0 Å². The summed E-state index contributed by atoms with van der Waals surface area (Å²) in [6.45, 7) is 1.62. The van der Waals surface area contributed by atoms with Crippen LogP contribution in [-0.2, 0) is 13.0 Å². The third kappa shape index (κ3) is 1.74. The molecule has 0 bridgehead atoms. The molecule has 2 aliphatic rings. The van der Waals surface area contributed by atoms with E-state index in [-0.39, 0.29) is 12.7 Å². The molecule has 0 unspecified atom stereocenters. The molecule has 5 heteroatoms. The fourth-order valence-electron chi connectivity index (χ4n) is 2.73. The second kappa shape index (κ2) is 4.30. The van der Waals surface area contributed by atoms with E-state index in [1.165, 1.54) is 11.3 Å². The van der Waals surface area contributed by atoms with Crippen LogP contribution in [0.4, 0.5) is 0 Å². The first kappa shape index (κ1) is 11.4. The molecule has 1 amide bonds. The van der Waals surface area contributed by atoms with Crippen molar-refractivity contribution in [1.29, 1.82) is 0 Å². The van der Waals surface area contributed by atoms with E-state index >= 15 is 0 Å². The van der Waals surface area contributed by atoms with Gasteiger partial charge in [0.15, 0.2) is 11.5 Å². The van der Waals surface area contributed by atoms with E-state index < -0.39 is 0 Å². The monoisotopic (exact) mass is 270 g/mol. The van der Waals surface area contributed by atoms with Crippen molar-refractivity contribution in [3.63, 3.8) is 0 Å². The molecule has 1 aromatic carbocycles. The number of aromatic amines is 1. The van der Waals surface area contributed by atoms with Crippen LogP contribution in [0.25, 0.3) is 0 Å². The zero-order valence-corrected chi connectivity index (χ0v) is 10.9. The molecule has 102 valence electrons. The number of ether oxygens (including phenoxy) is 2. The highest BCUT2D eigenvalue weighted by molar-refractivity contribution is 5.95. The number of amides is 1. The molecule has 3 heterocycles. The van der Waals surface area contributed by atoms with Gasteiger partial charge in [0.2, 0.25) is 6.79 Å². The van der Waals surface area contributed by atoms with Crippen molar-refractivity contribution in [2.75, 3.05) is 13.3 Å². The highest BCUT2D eigenvalue weighted by Gasteiger charge is 2.24. The molecule has 0 radical (unpaired) electrons. The van der Waals surface area contributed by atoms with Gasteiger partial charge in [-0.05, 0) is 29.8 Å². The van der Waals surface area contributed by atoms with E-state index in [4.69, 9.17) is 9.47 Å². The first-order chi connectivity index (χ1) is 9.81. The van der Waals surface area contributed by atoms with Crippen LogP contribution in [0.3, 0.4) is 0 Å².